The molecule has 0 bridgehead atoms. The predicted molar refractivity (Wildman–Crippen MR) is 79.2 cm³/mol. The minimum absolute atomic E-state index is 0.0262. The highest BCUT2D eigenvalue weighted by Crippen LogP contribution is 2.21. The van der Waals surface area contributed by atoms with Gasteiger partial charge < -0.3 is 10.0 Å². The molecule has 1 unspecified atom stereocenters. The number of carbonyl (C=O) groups is 1. The second-order valence-electron chi connectivity index (χ2n) is 5.26. The van der Waals surface area contributed by atoms with E-state index in [-0.39, 0.29) is 18.6 Å². The molecule has 4 heteroatoms. The minimum Gasteiger partial charge on any atom is -0.395 e. The molecule has 1 aromatic rings. The third-order valence-electron chi connectivity index (χ3n) is 3.94. The van der Waals surface area contributed by atoms with E-state index in [1.807, 2.05) is 25.1 Å². The van der Waals surface area contributed by atoms with Crippen molar-refractivity contribution in [2.75, 3.05) is 26.2 Å². The maximum absolute atomic E-state index is 12.5. The Kier molecular flexibility index (Phi) is 5.56. The van der Waals surface area contributed by atoms with Crippen molar-refractivity contribution >= 4 is 5.91 Å². The first-order valence-corrected chi connectivity index (χ1v) is 7.44. The number of aliphatic hydroxyl groups excluding tert-OH is 1. The molecule has 1 saturated heterocycles. The molecule has 0 aliphatic carbocycles. The zero-order chi connectivity index (χ0) is 14.4. The molecule has 1 amide bonds. The highest BCUT2D eigenvalue weighted by molar-refractivity contribution is 5.82. The zero-order valence-electron chi connectivity index (χ0n) is 12.2. The van der Waals surface area contributed by atoms with Crippen LogP contribution in [0.4, 0.5) is 0 Å². The van der Waals surface area contributed by atoms with E-state index in [1.54, 1.807) is 4.90 Å². The smallest absolute Gasteiger partial charge is 0.240 e. The summed E-state index contributed by atoms with van der Waals surface area (Å²) in [6.07, 6.45) is 1.99. The first-order chi connectivity index (χ1) is 9.76. The molecule has 1 N–H and O–H groups in total. The van der Waals surface area contributed by atoms with Gasteiger partial charge in [-0.25, -0.2) is 0 Å². The van der Waals surface area contributed by atoms with Gasteiger partial charge in [-0.05, 0) is 31.9 Å². The number of carbonyl (C=O) groups excluding carboxylic acids is 1. The Bertz CT molecular complexity index is 422. The number of likely N-dealkylation sites (N-methyl/N-ethyl adjacent to an activating group) is 1. The molecular formula is C16H24N2O2. The van der Waals surface area contributed by atoms with Crippen LogP contribution in [0, 0.1) is 0 Å². The maximum atomic E-state index is 12.5. The lowest BCUT2D eigenvalue weighted by molar-refractivity contribution is -0.136. The van der Waals surface area contributed by atoms with E-state index in [0.29, 0.717) is 13.1 Å². The van der Waals surface area contributed by atoms with Crippen LogP contribution in [0.5, 0.6) is 0 Å². The summed E-state index contributed by atoms with van der Waals surface area (Å²) in [6, 6.07) is 10.3. The van der Waals surface area contributed by atoms with Gasteiger partial charge in [0.1, 0.15) is 0 Å². The van der Waals surface area contributed by atoms with Crippen LogP contribution in [0.15, 0.2) is 30.3 Å². The fourth-order valence-electron chi connectivity index (χ4n) is 2.87. The Hall–Kier alpha value is -1.39. The summed E-state index contributed by atoms with van der Waals surface area (Å²) in [6.45, 7) is 4.89. The molecule has 1 atom stereocenters. The van der Waals surface area contributed by atoms with Gasteiger partial charge in [0.15, 0.2) is 0 Å². The molecule has 1 aromatic carbocycles. The molecule has 1 fully saturated rings. The lowest BCUT2D eigenvalue weighted by Gasteiger charge is -2.29. The lowest BCUT2D eigenvalue weighted by atomic mass is 10.1. The zero-order valence-corrected chi connectivity index (χ0v) is 12.2. The van der Waals surface area contributed by atoms with Crippen molar-refractivity contribution in [3.8, 4) is 0 Å². The molecule has 110 valence electrons. The average molecular weight is 276 g/mol. The van der Waals surface area contributed by atoms with Crippen LogP contribution in [0.1, 0.15) is 25.3 Å². The third kappa shape index (κ3) is 3.58. The van der Waals surface area contributed by atoms with Crippen molar-refractivity contribution in [3.05, 3.63) is 35.9 Å². The Morgan fingerprint density at radius 1 is 1.40 bits per heavy atom. The number of hydrogen-bond donors (Lipinski definition) is 1. The first kappa shape index (κ1) is 15.0. The van der Waals surface area contributed by atoms with E-state index in [0.717, 1.165) is 25.9 Å². The van der Waals surface area contributed by atoms with Crippen molar-refractivity contribution in [1.29, 1.82) is 0 Å². The molecule has 0 aromatic heterocycles. The van der Waals surface area contributed by atoms with Crippen LogP contribution < -0.4 is 0 Å². The SMILES string of the molecule is CCN(CCO)C(=O)C1CCCN1Cc1ccccc1. The lowest BCUT2D eigenvalue weighted by Crippen LogP contribution is -2.46. The quantitative estimate of drug-likeness (QED) is 0.856. The van der Waals surface area contributed by atoms with Crippen molar-refractivity contribution in [2.24, 2.45) is 0 Å². The summed E-state index contributed by atoms with van der Waals surface area (Å²) in [4.78, 5) is 16.6. The van der Waals surface area contributed by atoms with Crippen LogP contribution in [0.2, 0.25) is 0 Å². The highest BCUT2D eigenvalue weighted by Gasteiger charge is 2.32. The van der Waals surface area contributed by atoms with Gasteiger partial charge >= 0.3 is 0 Å². The fraction of sp³-hybridized carbons (Fsp3) is 0.562. The number of nitrogens with zero attached hydrogens (tertiary/aromatic N) is 2. The van der Waals surface area contributed by atoms with Crippen molar-refractivity contribution in [3.63, 3.8) is 0 Å². The monoisotopic (exact) mass is 276 g/mol. The van der Waals surface area contributed by atoms with Gasteiger partial charge in [-0.2, -0.15) is 0 Å². The average Bonchev–Trinajstić information content (AvgIpc) is 2.93. The summed E-state index contributed by atoms with van der Waals surface area (Å²) in [5, 5.41) is 9.05. The van der Waals surface area contributed by atoms with Crippen molar-refractivity contribution in [1.82, 2.24) is 9.80 Å². The molecule has 1 aliphatic heterocycles. The van der Waals surface area contributed by atoms with E-state index >= 15 is 0 Å². The summed E-state index contributed by atoms with van der Waals surface area (Å²) in [7, 11) is 0. The Labute approximate surface area is 121 Å². The molecule has 1 heterocycles. The number of hydrogen-bond acceptors (Lipinski definition) is 3. The summed E-state index contributed by atoms with van der Waals surface area (Å²) in [5.41, 5.74) is 1.25. The molecule has 0 spiro atoms. The summed E-state index contributed by atoms with van der Waals surface area (Å²) >= 11 is 0. The summed E-state index contributed by atoms with van der Waals surface area (Å²) in [5.74, 6) is 0.162. The Balaban J connectivity index is 2.01. The molecule has 0 radical (unpaired) electrons. The van der Waals surface area contributed by atoms with Crippen molar-refractivity contribution in [2.45, 2.75) is 32.4 Å². The topological polar surface area (TPSA) is 43.8 Å². The third-order valence-corrected chi connectivity index (χ3v) is 3.94. The molecule has 2 rings (SSSR count). The van der Waals surface area contributed by atoms with Gasteiger partial charge in [-0.1, -0.05) is 30.3 Å². The molecule has 4 nitrogen and oxygen atoms in total. The molecule has 20 heavy (non-hydrogen) atoms. The Morgan fingerprint density at radius 3 is 2.80 bits per heavy atom. The highest BCUT2D eigenvalue weighted by atomic mass is 16.3. The van der Waals surface area contributed by atoms with Gasteiger partial charge in [-0.15, -0.1) is 0 Å². The van der Waals surface area contributed by atoms with Gasteiger partial charge in [-0.3, -0.25) is 9.69 Å². The van der Waals surface area contributed by atoms with E-state index in [2.05, 4.69) is 17.0 Å². The van der Waals surface area contributed by atoms with E-state index in [9.17, 15) is 4.79 Å². The van der Waals surface area contributed by atoms with Crippen LogP contribution in [0.3, 0.4) is 0 Å². The predicted octanol–water partition coefficient (Wildman–Crippen LogP) is 1.49. The normalized spacial score (nSPS) is 19.2. The van der Waals surface area contributed by atoms with Gasteiger partial charge in [0.2, 0.25) is 5.91 Å². The Morgan fingerprint density at radius 2 is 2.15 bits per heavy atom. The molecule has 1 aliphatic rings. The molecular weight excluding hydrogens is 252 g/mol. The second kappa shape index (κ2) is 7.41. The van der Waals surface area contributed by atoms with Crippen LogP contribution in [-0.4, -0.2) is 53.1 Å². The van der Waals surface area contributed by atoms with Crippen LogP contribution >= 0.6 is 0 Å². The van der Waals surface area contributed by atoms with Crippen molar-refractivity contribution < 1.29 is 9.90 Å². The second-order valence-corrected chi connectivity index (χ2v) is 5.26. The van der Waals surface area contributed by atoms with Gasteiger partial charge in [0.05, 0.1) is 12.6 Å². The standard InChI is InChI=1S/C16H24N2O2/c1-2-17(11-12-19)16(20)15-9-6-10-18(15)13-14-7-4-3-5-8-14/h3-5,7-8,15,19H,2,6,9-13H2,1H3. The number of benzene rings is 1. The number of rotatable bonds is 6. The number of amides is 1. The minimum atomic E-state index is -0.0262. The van der Waals surface area contributed by atoms with Gasteiger partial charge in [0.25, 0.3) is 0 Å². The van der Waals surface area contributed by atoms with E-state index < -0.39 is 0 Å². The fourth-order valence-corrected chi connectivity index (χ4v) is 2.87. The number of aliphatic hydroxyl groups is 1. The maximum Gasteiger partial charge on any atom is 0.240 e. The number of likely N-dealkylation sites (tertiary alicyclic amines) is 1. The van der Waals surface area contributed by atoms with Crippen LogP contribution in [-0.2, 0) is 11.3 Å². The summed E-state index contributed by atoms with van der Waals surface area (Å²) < 4.78 is 0. The van der Waals surface area contributed by atoms with E-state index in [1.165, 1.54) is 5.56 Å². The largest absolute Gasteiger partial charge is 0.395 e. The van der Waals surface area contributed by atoms with Crippen LogP contribution in [0.25, 0.3) is 0 Å². The first-order valence-electron chi connectivity index (χ1n) is 7.44. The van der Waals surface area contributed by atoms with E-state index in [4.69, 9.17) is 5.11 Å². The molecule has 0 saturated carbocycles. The van der Waals surface area contributed by atoms with Gasteiger partial charge in [0, 0.05) is 19.6 Å².